The molecule has 4 rings (SSSR count). The van der Waals surface area contributed by atoms with Crippen molar-refractivity contribution in [3.05, 3.63) is 99.0 Å². The summed E-state index contributed by atoms with van der Waals surface area (Å²) < 4.78 is 0. The lowest BCUT2D eigenvalue weighted by molar-refractivity contribution is -0.132. The van der Waals surface area contributed by atoms with Crippen molar-refractivity contribution in [2.45, 2.75) is 13.0 Å². The molecule has 1 saturated heterocycles. The summed E-state index contributed by atoms with van der Waals surface area (Å²) in [6, 6.07) is 17.0. The normalized spacial score (nSPS) is 17.9. The van der Waals surface area contributed by atoms with E-state index in [1.54, 1.807) is 30.3 Å². The number of hydrogen-bond donors (Lipinski definition) is 2. The van der Waals surface area contributed by atoms with Gasteiger partial charge in [0.05, 0.1) is 27.3 Å². The average Bonchev–Trinajstić information content (AvgIpc) is 3.01. The number of carbonyl (C=O) groups is 2. The van der Waals surface area contributed by atoms with E-state index in [0.717, 1.165) is 5.56 Å². The summed E-state index contributed by atoms with van der Waals surface area (Å²) in [7, 11) is 0. The molecule has 1 heterocycles. The quantitative estimate of drug-likeness (QED) is 0.305. The Labute approximate surface area is 188 Å². The SMILES string of the molecule is Cc1ccccc1C1/C(=C(\O)c2ccc(Cl)c(Cl)c2)C(=O)C(=O)N1c1ccccc1O. The summed E-state index contributed by atoms with van der Waals surface area (Å²) in [5, 5.41) is 22.0. The highest BCUT2D eigenvalue weighted by Gasteiger charge is 2.48. The molecule has 0 aromatic heterocycles. The second-order valence-electron chi connectivity index (χ2n) is 7.14. The van der Waals surface area contributed by atoms with Gasteiger partial charge in [-0.15, -0.1) is 0 Å². The Hall–Kier alpha value is -3.28. The lowest BCUT2D eigenvalue weighted by Crippen LogP contribution is -2.29. The van der Waals surface area contributed by atoms with Crippen LogP contribution >= 0.6 is 23.2 Å². The fourth-order valence-corrected chi connectivity index (χ4v) is 4.03. The highest BCUT2D eigenvalue weighted by molar-refractivity contribution is 6.52. The van der Waals surface area contributed by atoms with Gasteiger partial charge in [-0.25, -0.2) is 0 Å². The van der Waals surface area contributed by atoms with E-state index in [1.165, 1.54) is 29.2 Å². The smallest absolute Gasteiger partial charge is 0.300 e. The van der Waals surface area contributed by atoms with Gasteiger partial charge in [-0.3, -0.25) is 14.5 Å². The summed E-state index contributed by atoms with van der Waals surface area (Å²) in [5.74, 6) is -2.24. The molecule has 2 N–H and O–H groups in total. The van der Waals surface area contributed by atoms with E-state index in [4.69, 9.17) is 23.2 Å². The van der Waals surface area contributed by atoms with E-state index in [-0.39, 0.29) is 33.4 Å². The second-order valence-corrected chi connectivity index (χ2v) is 7.96. The third-order valence-corrected chi connectivity index (χ3v) is 6.00. The third kappa shape index (κ3) is 3.56. The fourth-order valence-electron chi connectivity index (χ4n) is 3.74. The van der Waals surface area contributed by atoms with Crippen molar-refractivity contribution in [2.24, 2.45) is 0 Å². The van der Waals surface area contributed by atoms with Crippen molar-refractivity contribution < 1.29 is 19.8 Å². The molecule has 31 heavy (non-hydrogen) atoms. The molecule has 1 atom stereocenters. The van der Waals surface area contributed by atoms with Crippen LogP contribution in [0.4, 0.5) is 5.69 Å². The Kier molecular flexibility index (Phi) is 5.48. The maximum Gasteiger partial charge on any atom is 0.300 e. The number of benzene rings is 3. The number of nitrogens with zero attached hydrogens (tertiary/aromatic N) is 1. The Balaban J connectivity index is 2.00. The molecule has 1 aliphatic rings. The van der Waals surface area contributed by atoms with Crippen LogP contribution in [0.5, 0.6) is 5.75 Å². The molecule has 0 saturated carbocycles. The number of para-hydroxylation sites is 2. The number of ketones is 1. The average molecular weight is 454 g/mol. The zero-order valence-electron chi connectivity index (χ0n) is 16.3. The minimum atomic E-state index is -0.941. The summed E-state index contributed by atoms with van der Waals surface area (Å²) in [4.78, 5) is 27.4. The summed E-state index contributed by atoms with van der Waals surface area (Å²) in [6.45, 7) is 1.85. The number of phenols is 1. The fraction of sp³-hybridized carbons (Fsp3) is 0.0833. The molecule has 3 aromatic carbocycles. The lowest BCUT2D eigenvalue weighted by Gasteiger charge is -2.27. The standard InChI is InChI=1S/C24H17Cl2NO4/c1-13-6-2-3-7-15(13)21-20(22(29)14-10-11-16(25)17(26)12-14)23(30)24(31)27(21)18-8-4-5-9-19(18)28/h2-12,21,28-29H,1H3/b22-20+. The molecular formula is C24H17Cl2NO4. The van der Waals surface area contributed by atoms with Gasteiger partial charge in [0.1, 0.15) is 11.5 Å². The van der Waals surface area contributed by atoms with Gasteiger partial charge in [0, 0.05) is 5.56 Å². The van der Waals surface area contributed by atoms with Crippen molar-refractivity contribution in [3.8, 4) is 5.75 Å². The topological polar surface area (TPSA) is 77.8 Å². The molecule has 1 unspecified atom stereocenters. The number of aryl methyl sites for hydroxylation is 1. The Morgan fingerprint density at radius 1 is 0.935 bits per heavy atom. The Morgan fingerprint density at radius 3 is 2.29 bits per heavy atom. The van der Waals surface area contributed by atoms with E-state index >= 15 is 0 Å². The van der Waals surface area contributed by atoms with Gasteiger partial charge in [0.2, 0.25) is 0 Å². The predicted octanol–water partition coefficient (Wildman–Crippen LogP) is 5.63. The van der Waals surface area contributed by atoms with E-state index in [0.29, 0.717) is 10.6 Å². The number of anilines is 1. The number of aromatic hydroxyl groups is 1. The number of rotatable bonds is 3. The zero-order valence-corrected chi connectivity index (χ0v) is 17.9. The molecule has 5 nitrogen and oxygen atoms in total. The number of carbonyl (C=O) groups excluding carboxylic acids is 2. The second kappa shape index (κ2) is 8.10. The van der Waals surface area contributed by atoms with Crippen LogP contribution in [0.2, 0.25) is 10.0 Å². The van der Waals surface area contributed by atoms with Crippen molar-refractivity contribution >= 4 is 46.3 Å². The van der Waals surface area contributed by atoms with Crippen molar-refractivity contribution in [2.75, 3.05) is 4.90 Å². The van der Waals surface area contributed by atoms with E-state index in [9.17, 15) is 19.8 Å². The van der Waals surface area contributed by atoms with Gasteiger partial charge >= 0.3 is 0 Å². The molecule has 0 bridgehead atoms. The monoisotopic (exact) mass is 453 g/mol. The first-order valence-corrected chi connectivity index (χ1v) is 10.2. The minimum absolute atomic E-state index is 0.0963. The number of hydrogen-bond acceptors (Lipinski definition) is 4. The number of amides is 1. The van der Waals surface area contributed by atoms with Gasteiger partial charge in [-0.2, -0.15) is 0 Å². The third-order valence-electron chi connectivity index (χ3n) is 5.26. The van der Waals surface area contributed by atoms with Crippen molar-refractivity contribution in [1.29, 1.82) is 0 Å². The van der Waals surface area contributed by atoms with E-state index in [1.807, 2.05) is 19.1 Å². The van der Waals surface area contributed by atoms with Crippen LogP contribution in [0.3, 0.4) is 0 Å². The predicted molar refractivity (Wildman–Crippen MR) is 121 cm³/mol. The molecule has 1 fully saturated rings. The molecular weight excluding hydrogens is 437 g/mol. The lowest BCUT2D eigenvalue weighted by atomic mass is 9.92. The van der Waals surface area contributed by atoms with Crippen LogP contribution in [0.25, 0.3) is 5.76 Å². The van der Waals surface area contributed by atoms with Gasteiger partial charge in [0.15, 0.2) is 0 Å². The maximum absolute atomic E-state index is 13.1. The Morgan fingerprint density at radius 2 is 1.61 bits per heavy atom. The number of aliphatic hydroxyl groups excluding tert-OH is 1. The molecule has 1 aliphatic heterocycles. The summed E-state index contributed by atoms with van der Waals surface area (Å²) >= 11 is 12.1. The molecule has 3 aromatic rings. The summed E-state index contributed by atoms with van der Waals surface area (Å²) in [5.41, 5.74) is 1.79. The van der Waals surface area contributed by atoms with Crippen LogP contribution in [0.15, 0.2) is 72.3 Å². The highest BCUT2D eigenvalue weighted by atomic mass is 35.5. The zero-order chi connectivity index (χ0) is 22.3. The number of aliphatic hydroxyl groups is 1. The highest BCUT2D eigenvalue weighted by Crippen LogP contribution is 2.45. The van der Waals surface area contributed by atoms with Gasteiger partial charge < -0.3 is 10.2 Å². The van der Waals surface area contributed by atoms with E-state index < -0.39 is 17.7 Å². The summed E-state index contributed by atoms with van der Waals surface area (Å²) in [6.07, 6.45) is 0. The molecule has 0 aliphatic carbocycles. The van der Waals surface area contributed by atoms with Crippen LogP contribution in [-0.2, 0) is 9.59 Å². The minimum Gasteiger partial charge on any atom is -0.507 e. The first-order valence-electron chi connectivity index (χ1n) is 9.41. The number of halogens is 2. The first-order chi connectivity index (χ1) is 14.8. The first kappa shape index (κ1) is 21.0. The Bertz CT molecular complexity index is 1250. The maximum atomic E-state index is 13.1. The van der Waals surface area contributed by atoms with Gasteiger partial charge in [-0.05, 0) is 48.4 Å². The van der Waals surface area contributed by atoms with Crippen LogP contribution in [0.1, 0.15) is 22.7 Å². The molecule has 0 radical (unpaired) electrons. The van der Waals surface area contributed by atoms with Crippen molar-refractivity contribution in [1.82, 2.24) is 0 Å². The molecule has 156 valence electrons. The number of Topliss-reactive ketones (excluding diaryl/α,β-unsaturated/α-hetero) is 1. The van der Waals surface area contributed by atoms with Gasteiger partial charge in [0.25, 0.3) is 11.7 Å². The molecule has 1 amide bonds. The van der Waals surface area contributed by atoms with Crippen LogP contribution < -0.4 is 4.90 Å². The molecule has 0 spiro atoms. The van der Waals surface area contributed by atoms with E-state index in [2.05, 4.69) is 0 Å². The van der Waals surface area contributed by atoms with Crippen molar-refractivity contribution in [3.63, 3.8) is 0 Å². The van der Waals surface area contributed by atoms with Crippen LogP contribution in [0, 0.1) is 6.92 Å². The van der Waals surface area contributed by atoms with Crippen LogP contribution in [-0.4, -0.2) is 21.9 Å². The van der Waals surface area contributed by atoms with Gasteiger partial charge in [-0.1, -0.05) is 59.6 Å². The number of phenolic OH excluding ortho intramolecular Hbond substituents is 1. The largest absolute Gasteiger partial charge is 0.507 e. The molecule has 7 heteroatoms.